The Labute approximate surface area is 84.6 Å². The van der Waals surface area contributed by atoms with E-state index in [2.05, 4.69) is 0 Å². The second kappa shape index (κ2) is 7.57. The van der Waals surface area contributed by atoms with Gasteiger partial charge in [0, 0.05) is 5.88 Å². The molecule has 0 spiro atoms. The number of alkyl halides is 1. The summed E-state index contributed by atoms with van der Waals surface area (Å²) < 4.78 is 21.9. The molecular weight excluding hydrogens is 211 g/mol. The van der Waals surface area contributed by atoms with Crippen molar-refractivity contribution in [3.8, 4) is 0 Å². The summed E-state index contributed by atoms with van der Waals surface area (Å²) in [5, 5.41) is 0. The monoisotopic (exact) mass is 226 g/mol. The molecule has 0 unspecified atom stereocenters. The first-order valence-corrected chi connectivity index (χ1v) is 6.54. The lowest BCUT2D eigenvalue weighted by Gasteiger charge is -2.14. The molecular formula is C8H16ClO3P. The fraction of sp³-hybridized carbons (Fsp3) is 0.750. The van der Waals surface area contributed by atoms with Gasteiger partial charge >= 0.3 is 7.60 Å². The number of hydrogen-bond donors (Lipinski definition) is 0. The van der Waals surface area contributed by atoms with Crippen LogP contribution in [0.2, 0.25) is 0 Å². The Balaban J connectivity index is 4.07. The van der Waals surface area contributed by atoms with E-state index in [0.29, 0.717) is 25.3 Å². The average Bonchev–Trinajstić information content (AvgIpc) is 2.05. The van der Waals surface area contributed by atoms with Crippen LogP contribution in [0.15, 0.2) is 12.2 Å². The van der Waals surface area contributed by atoms with Crippen LogP contribution < -0.4 is 0 Å². The van der Waals surface area contributed by atoms with Crippen LogP contribution >= 0.6 is 19.2 Å². The van der Waals surface area contributed by atoms with E-state index in [4.69, 9.17) is 20.6 Å². The maximum atomic E-state index is 11.7. The summed E-state index contributed by atoms with van der Waals surface area (Å²) in [4.78, 5) is 0. The van der Waals surface area contributed by atoms with Crippen LogP contribution in [0.4, 0.5) is 0 Å². The lowest BCUT2D eigenvalue weighted by molar-refractivity contribution is 0.222. The van der Waals surface area contributed by atoms with Crippen molar-refractivity contribution in [3.63, 3.8) is 0 Å². The van der Waals surface area contributed by atoms with Gasteiger partial charge in [0.1, 0.15) is 0 Å². The van der Waals surface area contributed by atoms with Crippen LogP contribution in [0, 0.1) is 0 Å². The van der Waals surface area contributed by atoms with Gasteiger partial charge in [-0.05, 0) is 13.8 Å². The molecule has 3 nitrogen and oxygen atoms in total. The number of rotatable bonds is 7. The van der Waals surface area contributed by atoms with Crippen molar-refractivity contribution in [1.82, 2.24) is 0 Å². The van der Waals surface area contributed by atoms with Gasteiger partial charge in [-0.25, -0.2) is 0 Å². The third-order valence-electron chi connectivity index (χ3n) is 1.24. The minimum absolute atomic E-state index is 0.293. The van der Waals surface area contributed by atoms with Crippen molar-refractivity contribution >= 4 is 19.2 Å². The Kier molecular flexibility index (Phi) is 7.68. The van der Waals surface area contributed by atoms with Crippen molar-refractivity contribution in [2.45, 2.75) is 13.8 Å². The van der Waals surface area contributed by atoms with Gasteiger partial charge in [0.05, 0.1) is 19.4 Å². The summed E-state index contributed by atoms with van der Waals surface area (Å²) >= 11 is 5.43. The molecule has 0 aliphatic rings. The molecule has 0 aromatic carbocycles. The number of allylic oxidation sites excluding steroid dienone is 2. The Morgan fingerprint density at radius 1 is 1.23 bits per heavy atom. The highest BCUT2D eigenvalue weighted by molar-refractivity contribution is 7.54. The topological polar surface area (TPSA) is 35.5 Å². The zero-order valence-electron chi connectivity index (χ0n) is 8.03. The van der Waals surface area contributed by atoms with Crippen LogP contribution in [0.5, 0.6) is 0 Å². The van der Waals surface area contributed by atoms with Crippen LogP contribution in [0.1, 0.15) is 13.8 Å². The Bertz CT molecular complexity index is 184. The first kappa shape index (κ1) is 13.2. The van der Waals surface area contributed by atoms with Crippen LogP contribution in [-0.2, 0) is 13.6 Å². The zero-order chi connectivity index (χ0) is 10.2. The summed E-state index contributed by atoms with van der Waals surface area (Å²) in [5.41, 5.74) is 0. The van der Waals surface area contributed by atoms with Gasteiger partial charge in [-0.2, -0.15) is 0 Å². The fourth-order valence-corrected chi connectivity index (χ4v) is 2.41. The van der Waals surface area contributed by atoms with E-state index in [1.165, 1.54) is 0 Å². The van der Waals surface area contributed by atoms with Crippen LogP contribution in [0.3, 0.4) is 0 Å². The SMILES string of the molecule is CCOP(=O)(C/C=C/CCl)OCC. The molecule has 0 aromatic heterocycles. The second-order valence-corrected chi connectivity index (χ2v) is 4.67. The smallest absolute Gasteiger partial charge is 0.309 e. The minimum Gasteiger partial charge on any atom is -0.309 e. The quantitative estimate of drug-likeness (QED) is 0.380. The summed E-state index contributed by atoms with van der Waals surface area (Å²) in [6, 6.07) is 0. The van der Waals surface area contributed by atoms with Crippen molar-refractivity contribution in [2.75, 3.05) is 25.3 Å². The van der Waals surface area contributed by atoms with E-state index in [9.17, 15) is 4.57 Å². The van der Waals surface area contributed by atoms with Crippen molar-refractivity contribution < 1.29 is 13.6 Å². The largest absolute Gasteiger partial charge is 0.334 e. The maximum Gasteiger partial charge on any atom is 0.334 e. The zero-order valence-corrected chi connectivity index (χ0v) is 9.68. The van der Waals surface area contributed by atoms with Gasteiger partial charge in [-0.15, -0.1) is 11.6 Å². The molecule has 0 rings (SSSR count). The highest BCUT2D eigenvalue weighted by Gasteiger charge is 2.20. The lowest BCUT2D eigenvalue weighted by Crippen LogP contribution is -1.98. The van der Waals surface area contributed by atoms with E-state index in [1.807, 2.05) is 0 Å². The summed E-state index contributed by atoms with van der Waals surface area (Å²) in [7, 11) is -2.89. The molecule has 0 fully saturated rings. The molecule has 0 heterocycles. The summed E-state index contributed by atoms with van der Waals surface area (Å²) in [5.74, 6) is 0.415. The molecule has 78 valence electrons. The first-order chi connectivity index (χ1) is 6.18. The summed E-state index contributed by atoms with van der Waals surface area (Å²) in [6.45, 7) is 4.37. The average molecular weight is 227 g/mol. The van der Waals surface area contributed by atoms with Gasteiger partial charge in [0.15, 0.2) is 0 Å². The molecule has 0 aromatic rings. The molecule has 0 saturated carbocycles. The van der Waals surface area contributed by atoms with E-state index in [0.717, 1.165) is 0 Å². The van der Waals surface area contributed by atoms with Gasteiger partial charge < -0.3 is 9.05 Å². The molecule has 5 heteroatoms. The molecule has 0 amide bonds. The molecule has 13 heavy (non-hydrogen) atoms. The fourth-order valence-electron chi connectivity index (χ4n) is 0.803. The molecule has 0 radical (unpaired) electrons. The Morgan fingerprint density at radius 3 is 2.15 bits per heavy atom. The molecule has 0 bridgehead atoms. The van der Waals surface area contributed by atoms with Gasteiger partial charge in [-0.3, -0.25) is 4.57 Å². The molecule has 0 N–H and O–H groups in total. The van der Waals surface area contributed by atoms with Gasteiger partial charge in [-0.1, -0.05) is 12.2 Å². The van der Waals surface area contributed by atoms with Crippen LogP contribution in [0.25, 0.3) is 0 Å². The van der Waals surface area contributed by atoms with Gasteiger partial charge in [0.2, 0.25) is 0 Å². The predicted octanol–water partition coefficient (Wildman–Crippen LogP) is 3.05. The molecule has 0 aliphatic heterocycles. The molecule has 0 atom stereocenters. The highest BCUT2D eigenvalue weighted by atomic mass is 35.5. The summed E-state index contributed by atoms with van der Waals surface area (Å²) in [6.07, 6.45) is 3.74. The van der Waals surface area contributed by atoms with Crippen LogP contribution in [-0.4, -0.2) is 25.3 Å². The van der Waals surface area contributed by atoms with Crippen molar-refractivity contribution in [3.05, 3.63) is 12.2 Å². The van der Waals surface area contributed by atoms with E-state index in [1.54, 1.807) is 26.0 Å². The Hall–Kier alpha value is 0.180. The van der Waals surface area contributed by atoms with E-state index >= 15 is 0 Å². The normalized spacial score (nSPS) is 12.5. The second-order valence-electron chi connectivity index (χ2n) is 2.25. The third kappa shape index (κ3) is 6.28. The number of hydrogen-bond acceptors (Lipinski definition) is 3. The lowest BCUT2D eigenvalue weighted by atomic mass is 10.6. The molecule has 0 aliphatic carbocycles. The van der Waals surface area contributed by atoms with Crippen molar-refractivity contribution in [2.24, 2.45) is 0 Å². The third-order valence-corrected chi connectivity index (χ3v) is 3.38. The van der Waals surface area contributed by atoms with E-state index in [-0.39, 0.29) is 0 Å². The van der Waals surface area contributed by atoms with Crippen molar-refractivity contribution in [1.29, 1.82) is 0 Å². The van der Waals surface area contributed by atoms with E-state index < -0.39 is 7.60 Å². The van der Waals surface area contributed by atoms with Gasteiger partial charge in [0.25, 0.3) is 0 Å². The predicted molar refractivity (Wildman–Crippen MR) is 55.6 cm³/mol. The molecule has 0 saturated heterocycles. The number of halogens is 1. The maximum absolute atomic E-state index is 11.7. The first-order valence-electron chi connectivity index (χ1n) is 4.27. The Morgan fingerprint density at radius 2 is 1.77 bits per heavy atom. The standard InChI is InChI=1S/C8H16ClO3P/c1-3-11-13(10,12-4-2)8-6-5-7-9/h5-6H,3-4,7-8H2,1-2H3/b6-5+. The minimum atomic E-state index is -2.89. The highest BCUT2D eigenvalue weighted by Crippen LogP contribution is 2.47.